The van der Waals surface area contributed by atoms with Crippen LogP contribution in [0.15, 0.2) is 24.3 Å². The molecule has 0 saturated carbocycles. The number of hydrogen-bond donors (Lipinski definition) is 1. The van der Waals surface area contributed by atoms with Crippen molar-refractivity contribution in [3.8, 4) is 0 Å². The number of aryl methyl sites for hydroxylation is 1. The number of aliphatic hydroxyl groups excluding tert-OH is 1. The molecule has 4 heteroatoms. The lowest BCUT2D eigenvalue weighted by atomic mass is 10.0. The van der Waals surface area contributed by atoms with Gasteiger partial charge in [-0.3, -0.25) is 4.90 Å². The van der Waals surface area contributed by atoms with Crippen LogP contribution >= 0.6 is 0 Å². The van der Waals surface area contributed by atoms with Crippen LogP contribution in [-0.2, 0) is 15.9 Å². The van der Waals surface area contributed by atoms with Crippen molar-refractivity contribution in [1.82, 2.24) is 4.90 Å². The summed E-state index contributed by atoms with van der Waals surface area (Å²) in [6, 6.07) is 8.27. The second kappa shape index (κ2) is 7.36. The quantitative estimate of drug-likeness (QED) is 0.871. The van der Waals surface area contributed by atoms with Gasteiger partial charge in [-0.25, -0.2) is 0 Å². The Morgan fingerprint density at radius 2 is 1.67 bits per heavy atom. The van der Waals surface area contributed by atoms with E-state index in [1.807, 2.05) is 12.1 Å². The van der Waals surface area contributed by atoms with E-state index in [2.05, 4.69) is 30.9 Å². The van der Waals surface area contributed by atoms with Gasteiger partial charge >= 0.3 is 0 Å². The maximum absolute atomic E-state index is 10.6. The van der Waals surface area contributed by atoms with Crippen molar-refractivity contribution >= 4 is 0 Å². The van der Waals surface area contributed by atoms with Crippen molar-refractivity contribution in [1.29, 1.82) is 0 Å². The fourth-order valence-electron chi connectivity index (χ4n) is 2.99. The molecule has 4 unspecified atom stereocenters. The van der Waals surface area contributed by atoms with Gasteiger partial charge < -0.3 is 14.6 Å². The van der Waals surface area contributed by atoms with Gasteiger partial charge in [-0.2, -0.15) is 0 Å². The van der Waals surface area contributed by atoms with Crippen LogP contribution in [0.3, 0.4) is 0 Å². The van der Waals surface area contributed by atoms with Crippen molar-refractivity contribution in [3.05, 3.63) is 35.4 Å². The molecular weight excluding hydrogens is 266 g/mol. The first-order valence-electron chi connectivity index (χ1n) is 7.67. The van der Waals surface area contributed by atoms with E-state index >= 15 is 0 Å². The topological polar surface area (TPSA) is 41.9 Å². The maximum atomic E-state index is 10.6. The largest absolute Gasteiger partial charge is 0.387 e. The molecule has 0 aromatic heterocycles. The van der Waals surface area contributed by atoms with Crippen molar-refractivity contribution < 1.29 is 14.6 Å². The highest BCUT2D eigenvalue weighted by molar-refractivity contribution is 5.25. The molecule has 0 radical (unpaired) electrons. The zero-order valence-electron chi connectivity index (χ0n) is 13.5. The Morgan fingerprint density at radius 3 is 2.10 bits per heavy atom. The first-order valence-corrected chi connectivity index (χ1v) is 7.67. The highest BCUT2D eigenvalue weighted by Crippen LogP contribution is 2.26. The van der Waals surface area contributed by atoms with Crippen LogP contribution in [0, 0.1) is 0 Å². The number of benzene rings is 1. The number of methoxy groups -OCH3 is 2. The fourth-order valence-corrected chi connectivity index (χ4v) is 2.99. The molecule has 0 amide bonds. The summed E-state index contributed by atoms with van der Waals surface area (Å²) in [5.41, 5.74) is 2.26. The molecule has 2 rings (SSSR count). The normalized spacial score (nSPS) is 26.0. The van der Waals surface area contributed by atoms with E-state index in [1.54, 1.807) is 14.2 Å². The van der Waals surface area contributed by atoms with Gasteiger partial charge in [0, 0.05) is 33.4 Å². The lowest BCUT2D eigenvalue weighted by Crippen LogP contribution is -2.36. The molecule has 1 heterocycles. The van der Waals surface area contributed by atoms with Gasteiger partial charge in [0.25, 0.3) is 0 Å². The summed E-state index contributed by atoms with van der Waals surface area (Å²) in [6.45, 7) is 5.78. The summed E-state index contributed by atoms with van der Waals surface area (Å²) in [4.78, 5) is 2.24. The van der Waals surface area contributed by atoms with Gasteiger partial charge in [0.2, 0.25) is 0 Å². The predicted octanol–water partition coefficient (Wildman–Crippen LogP) is 2.02. The average molecular weight is 293 g/mol. The predicted molar refractivity (Wildman–Crippen MR) is 83.4 cm³/mol. The Kier molecular flexibility index (Phi) is 5.76. The third-order valence-corrected chi connectivity index (χ3v) is 4.61. The summed E-state index contributed by atoms with van der Waals surface area (Å²) in [6.07, 6.45) is 0.673. The van der Waals surface area contributed by atoms with Crippen LogP contribution in [-0.4, -0.2) is 55.6 Å². The summed E-state index contributed by atoms with van der Waals surface area (Å²) in [5, 5.41) is 10.6. The molecule has 1 aromatic rings. The average Bonchev–Trinajstić information content (AvgIpc) is 2.96. The van der Waals surface area contributed by atoms with Crippen LogP contribution < -0.4 is 0 Å². The van der Waals surface area contributed by atoms with Crippen LogP contribution in [0.5, 0.6) is 0 Å². The van der Waals surface area contributed by atoms with Crippen LogP contribution in [0.1, 0.15) is 31.1 Å². The molecule has 21 heavy (non-hydrogen) atoms. The Labute approximate surface area is 127 Å². The molecule has 0 bridgehead atoms. The van der Waals surface area contributed by atoms with Crippen LogP contribution in [0.2, 0.25) is 0 Å². The fraction of sp³-hybridized carbons (Fsp3) is 0.647. The summed E-state index contributed by atoms with van der Waals surface area (Å²) in [7, 11) is 3.43. The van der Waals surface area contributed by atoms with Gasteiger partial charge in [-0.15, -0.1) is 0 Å². The third-order valence-electron chi connectivity index (χ3n) is 4.61. The molecule has 1 N–H and O–H groups in total. The van der Waals surface area contributed by atoms with E-state index in [0.29, 0.717) is 0 Å². The van der Waals surface area contributed by atoms with Gasteiger partial charge in [-0.05, 0) is 24.5 Å². The third kappa shape index (κ3) is 3.64. The molecule has 1 aromatic carbocycles. The van der Waals surface area contributed by atoms with Crippen LogP contribution in [0.4, 0.5) is 0 Å². The number of nitrogens with zero attached hydrogens (tertiary/aromatic N) is 1. The minimum absolute atomic E-state index is 0.0373. The van der Waals surface area contributed by atoms with E-state index in [-0.39, 0.29) is 18.2 Å². The SMILES string of the molecule is CCc1ccc(C(O)C(C)N2CC(OC)C(OC)C2)cc1. The van der Waals surface area contributed by atoms with Crippen molar-refractivity contribution in [3.63, 3.8) is 0 Å². The summed E-state index contributed by atoms with van der Waals surface area (Å²) in [5.74, 6) is 0. The van der Waals surface area contributed by atoms with Gasteiger partial charge in [-0.1, -0.05) is 31.2 Å². The molecule has 118 valence electrons. The van der Waals surface area contributed by atoms with E-state index in [4.69, 9.17) is 9.47 Å². The number of likely N-dealkylation sites (tertiary alicyclic amines) is 1. The molecule has 0 spiro atoms. The van der Waals surface area contributed by atoms with Crippen molar-refractivity contribution in [2.75, 3.05) is 27.3 Å². The summed E-state index contributed by atoms with van der Waals surface area (Å²) < 4.78 is 10.9. The van der Waals surface area contributed by atoms with Crippen molar-refractivity contribution in [2.45, 2.75) is 44.6 Å². The molecule has 4 atom stereocenters. The highest BCUT2D eigenvalue weighted by Gasteiger charge is 2.37. The number of aliphatic hydroxyl groups is 1. The van der Waals surface area contributed by atoms with Crippen molar-refractivity contribution in [2.24, 2.45) is 0 Å². The molecule has 1 aliphatic rings. The lowest BCUT2D eigenvalue weighted by molar-refractivity contribution is -0.00461. The molecule has 0 aliphatic carbocycles. The first kappa shape index (κ1) is 16.4. The molecule has 1 aliphatic heterocycles. The minimum Gasteiger partial charge on any atom is -0.387 e. The van der Waals surface area contributed by atoms with E-state index in [9.17, 15) is 5.11 Å². The van der Waals surface area contributed by atoms with Gasteiger partial charge in [0.1, 0.15) is 0 Å². The molecule has 1 fully saturated rings. The monoisotopic (exact) mass is 293 g/mol. The van der Waals surface area contributed by atoms with E-state index in [0.717, 1.165) is 25.1 Å². The van der Waals surface area contributed by atoms with E-state index in [1.165, 1.54) is 5.56 Å². The minimum atomic E-state index is -0.496. The zero-order chi connectivity index (χ0) is 15.4. The highest BCUT2D eigenvalue weighted by atomic mass is 16.5. The second-order valence-electron chi connectivity index (χ2n) is 5.78. The molecule has 4 nitrogen and oxygen atoms in total. The molecule has 1 saturated heterocycles. The number of hydrogen-bond acceptors (Lipinski definition) is 4. The smallest absolute Gasteiger partial charge is 0.0971 e. The molecular formula is C17H27NO3. The number of ether oxygens (including phenoxy) is 2. The van der Waals surface area contributed by atoms with E-state index < -0.39 is 6.10 Å². The Hall–Kier alpha value is -0.940. The van der Waals surface area contributed by atoms with Gasteiger partial charge in [0.15, 0.2) is 0 Å². The summed E-state index contributed by atoms with van der Waals surface area (Å²) >= 11 is 0. The Morgan fingerprint density at radius 1 is 1.14 bits per heavy atom. The standard InChI is InChI=1S/C17H27NO3/c1-5-13-6-8-14(9-7-13)17(19)12(2)18-10-15(20-3)16(11-18)21-4/h6-9,12,15-17,19H,5,10-11H2,1-4H3. The Balaban J connectivity index is 2.03. The Bertz CT molecular complexity index is 422. The maximum Gasteiger partial charge on any atom is 0.0971 e. The van der Waals surface area contributed by atoms with Gasteiger partial charge in [0.05, 0.1) is 18.3 Å². The zero-order valence-corrected chi connectivity index (χ0v) is 13.5. The lowest BCUT2D eigenvalue weighted by Gasteiger charge is -2.28. The first-order chi connectivity index (χ1) is 10.1. The number of rotatable bonds is 6. The van der Waals surface area contributed by atoms with Crippen LogP contribution in [0.25, 0.3) is 0 Å². The second-order valence-corrected chi connectivity index (χ2v) is 5.78.